The van der Waals surface area contributed by atoms with Crippen LogP contribution in [-0.2, 0) is 6.54 Å². The summed E-state index contributed by atoms with van der Waals surface area (Å²) in [7, 11) is 0. The van der Waals surface area contributed by atoms with Gasteiger partial charge in [-0.2, -0.15) is 11.8 Å². The van der Waals surface area contributed by atoms with Gasteiger partial charge in [0, 0.05) is 46.3 Å². The minimum atomic E-state index is 0.403. The van der Waals surface area contributed by atoms with Crippen molar-refractivity contribution in [3.8, 4) is 0 Å². The van der Waals surface area contributed by atoms with E-state index in [0.717, 1.165) is 24.1 Å². The predicted octanol–water partition coefficient (Wildman–Crippen LogP) is 4.67. The molecule has 1 heterocycles. The first-order valence-electron chi connectivity index (χ1n) is 7.78. The first kappa shape index (κ1) is 17.2. The molecule has 1 aliphatic rings. The van der Waals surface area contributed by atoms with E-state index in [4.69, 9.17) is 0 Å². The van der Waals surface area contributed by atoms with Gasteiger partial charge in [-0.25, -0.2) is 0 Å². The molecule has 118 valence electrons. The largest absolute Gasteiger partial charge is 0.370 e. The van der Waals surface area contributed by atoms with Crippen molar-refractivity contribution in [3.05, 3.63) is 28.2 Å². The van der Waals surface area contributed by atoms with Gasteiger partial charge in [0.1, 0.15) is 0 Å². The van der Waals surface area contributed by atoms with Gasteiger partial charge in [0.2, 0.25) is 0 Å². The molecule has 0 spiro atoms. The quantitative estimate of drug-likeness (QED) is 0.828. The van der Waals surface area contributed by atoms with E-state index in [1.807, 2.05) is 0 Å². The Bertz CT molecular complexity index is 474. The number of hydrogen-bond acceptors (Lipinski definition) is 3. The second-order valence-corrected chi connectivity index (χ2v) is 9.37. The molecule has 1 fully saturated rings. The number of thioether (sulfide) groups is 1. The minimum absolute atomic E-state index is 0.403. The molecule has 0 radical (unpaired) electrons. The molecule has 0 aliphatic carbocycles. The number of anilines is 1. The Morgan fingerprint density at radius 1 is 1.33 bits per heavy atom. The topological polar surface area (TPSA) is 15.3 Å². The summed E-state index contributed by atoms with van der Waals surface area (Å²) in [6.45, 7) is 12.3. The van der Waals surface area contributed by atoms with Crippen LogP contribution in [-0.4, -0.2) is 29.6 Å². The Morgan fingerprint density at radius 3 is 2.81 bits per heavy atom. The number of halogens is 1. The summed E-state index contributed by atoms with van der Waals surface area (Å²) >= 11 is 5.71. The second-order valence-electron chi connectivity index (χ2n) is 6.65. The van der Waals surface area contributed by atoms with Crippen molar-refractivity contribution in [2.45, 2.75) is 51.4 Å². The number of nitrogens with zero attached hydrogens (tertiary/aromatic N) is 1. The molecular weight excluding hydrogens is 344 g/mol. The fraction of sp³-hybridized carbons (Fsp3) is 0.647. The number of nitrogens with one attached hydrogen (secondary N) is 1. The summed E-state index contributed by atoms with van der Waals surface area (Å²) in [5.41, 5.74) is 2.78. The summed E-state index contributed by atoms with van der Waals surface area (Å²) in [5.74, 6) is 1.21. The second kappa shape index (κ2) is 7.38. The van der Waals surface area contributed by atoms with Gasteiger partial charge >= 0.3 is 0 Å². The Morgan fingerprint density at radius 2 is 2.10 bits per heavy atom. The highest BCUT2D eigenvalue weighted by molar-refractivity contribution is 9.10. The Labute approximate surface area is 142 Å². The van der Waals surface area contributed by atoms with Crippen LogP contribution in [0.25, 0.3) is 0 Å². The average molecular weight is 371 g/mol. The van der Waals surface area contributed by atoms with Crippen molar-refractivity contribution in [1.82, 2.24) is 5.32 Å². The van der Waals surface area contributed by atoms with Crippen LogP contribution in [0.5, 0.6) is 0 Å². The van der Waals surface area contributed by atoms with Crippen molar-refractivity contribution in [2.75, 3.05) is 23.7 Å². The Balaban J connectivity index is 2.17. The van der Waals surface area contributed by atoms with Crippen LogP contribution in [0.4, 0.5) is 5.69 Å². The normalized spacial score (nSPS) is 18.9. The molecule has 1 saturated heterocycles. The van der Waals surface area contributed by atoms with Crippen molar-refractivity contribution >= 4 is 33.4 Å². The summed E-state index contributed by atoms with van der Waals surface area (Å²) in [4.78, 5) is 2.56. The minimum Gasteiger partial charge on any atom is -0.370 e. The number of hydrogen-bond donors (Lipinski definition) is 1. The molecule has 1 N–H and O–H groups in total. The van der Waals surface area contributed by atoms with Crippen LogP contribution >= 0.6 is 27.7 Å². The summed E-state index contributed by atoms with van der Waals surface area (Å²) < 4.78 is 1.57. The molecule has 21 heavy (non-hydrogen) atoms. The van der Waals surface area contributed by atoms with Crippen molar-refractivity contribution in [3.63, 3.8) is 0 Å². The van der Waals surface area contributed by atoms with E-state index in [1.54, 1.807) is 0 Å². The van der Waals surface area contributed by atoms with E-state index in [2.05, 4.69) is 83.8 Å². The lowest BCUT2D eigenvalue weighted by molar-refractivity contribution is 0.586. The molecule has 1 aliphatic heterocycles. The van der Waals surface area contributed by atoms with Crippen molar-refractivity contribution in [1.29, 1.82) is 0 Å². The first-order chi connectivity index (χ1) is 9.87. The summed E-state index contributed by atoms with van der Waals surface area (Å²) in [5, 5.41) is 3.55. The maximum atomic E-state index is 3.61. The third-order valence-corrected chi connectivity index (χ3v) is 5.79. The Hall–Kier alpha value is -0.190. The third-order valence-electron chi connectivity index (χ3n) is 3.92. The van der Waals surface area contributed by atoms with Crippen LogP contribution in [0.2, 0.25) is 0 Å². The van der Waals surface area contributed by atoms with Crippen molar-refractivity contribution in [2.24, 2.45) is 0 Å². The lowest BCUT2D eigenvalue weighted by Gasteiger charge is -2.27. The highest BCUT2D eigenvalue weighted by atomic mass is 79.9. The number of rotatable bonds is 4. The summed E-state index contributed by atoms with van der Waals surface area (Å²) in [6.07, 6.45) is 1.24. The van der Waals surface area contributed by atoms with E-state index in [0.29, 0.717) is 10.8 Å². The molecule has 0 amide bonds. The lowest BCUT2D eigenvalue weighted by Crippen LogP contribution is -2.29. The highest BCUT2D eigenvalue weighted by Gasteiger charge is 2.24. The van der Waals surface area contributed by atoms with Gasteiger partial charge in [0.25, 0.3) is 0 Å². The van der Waals surface area contributed by atoms with Crippen LogP contribution in [0.3, 0.4) is 0 Å². The standard InChI is InChI=1S/C17H27BrN2S/c1-13(2)19-12-14-11-15(18)5-6-16(14)20-8-7-17(3,4)21-10-9-20/h5-6,11,13,19H,7-10,12H2,1-4H3. The first-order valence-corrected chi connectivity index (χ1v) is 9.56. The molecule has 2 nitrogen and oxygen atoms in total. The molecule has 1 aromatic rings. The van der Waals surface area contributed by atoms with Gasteiger partial charge in [-0.3, -0.25) is 0 Å². The van der Waals surface area contributed by atoms with Gasteiger partial charge < -0.3 is 10.2 Å². The van der Waals surface area contributed by atoms with Gasteiger partial charge in [0.05, 0.1) is 0 Å². The van der Waals surface area contributed by atoms with Gasteiger partial charge in [-0.05, 0) is 30.2 Å². The molecule has 1 aromatic carbocycles. The fourth-order valence-corrected chi connectivity index (χ4v) is 4.09. The molecule has 0 bridgehead atoms. The van der Waals surface area contributed by atoms with E-state index in [9.17, 15) is 0 Å². The Kier molecular flexibility index (Phi) is 6.04. The SMILES string of the molecule is CC(C)NCc1cc(Br)ccc1N1CCSC(C)(C)CC1. The zero-order chi connectivity index (χ0) is 15.5. The van der Waals surface area contributed by atoms with E-state index in [-0.39, 0.29) is 0 Å². The monoisotopic (exact) mass is 370 g/mol. The van der Waals surface area contributed by atoms with Crippen LogP contribution in [0, 0.1) is 0 Å². The van der Waals surface area contributed by atoms with E-state index in [1.165, 1.54) is 23.4 Å². The smallest absolute Gasteiger partial charge is 0.0412 e. The molecule has 4 heteroatoms. The molecule has 0 unspecified atom stereocenters. The fourth-order valence-electron chi connectivity index (χ4n) is 2.58. The number of benzene rings is 1. The molecule has 2 rings (SSSR count). The molecule has 0 saturated carbocycles. The average Bonchev–Trinajstić information content (AvgIpc) is 2.57. The van der Waals surface area contributed by atoms with Crippen LogP contribution in [0.15, 0.2) is 22.7 Å². The predicted molar refractivity (Wildman–Crippen MR) is 99.5 cm³/mol. The van der Waals surface area contributed by atoms with Gasteiger partial charge in [-0.1, -0.05) is 43.6 Å². The molecule has 0 aromatic heterocycles. The zero-order valence-electron chi connectivity index (χ0n) is 13.6. The summed E-state index contributed by atoms with van der Waals surface area (Å²) in [6, 6.07) is 7.20. The van der Waals surface area contributed by atoms with Crippen molar-refractivity contribution < 1.29 is 0 Å². The van der Waals surface area contributed by atoms with E-state index < -0.39 is 0 Å². The lowest BCUT2D eigenvalue weighted by atomic mass is 10.1. The third kappa shape index (κ3) is 5.19. The van der Waals surface area contributed by atoms with Gasteiger partial charge in [-0.15, -0.1) is 0 Å². The maximum Gasteiger partial charge on any atom is 0.0412 e. The maximum absolute atomic E-state index is 3.61. The molecular formula is C17H27BrN2S. The zero-order valence-corrected chi connectivity index (χ0v) is 16.0. The molecule has 0 atom stereocenters. The van der Waals surface area contributed by atoms with Crippen LogP contribution in [0.1, 0.15) is 39.7 Å². The van der Waals surface area contributed by atoms with Gasteiger partial charge in [0.15, 0.2) is 0 Å². The van der Waals surface area contributed by atoms with E-state index >= 15 is 0 Å². The van der Waals surface area contributed by atoms with Crippen LogP contribution < -0.4 is 10.2 Å². The highest BCUT2D eigenvalue weighted by Crippen LogP contribution is 2.33.